The van der Waals surface area contributed by atoms with Crippen molar-refractivity contribution in [3.63, 3.8) is 0 Å². The van der Waals surface area contributed by atoms with Crippen molar-refractivity contribution in [1.82, 2.24) is 0 Å². The molecular formula is C13H18Cl2O. The number of Topliss-reactive ketones (excluding diaryl/α,β-unsaturated/α-hetero) is 1. The number of hydrogen-bond acceptors (Lipinski definition) is 1. The lowest BCUT2D eigenvalue weighted by Gasteiger charge is -2.38. The van der Waals surface area contributed by atoms with E-state index in [1.54, 1.807) is 0 Å². The third-order valence-corrected chi connectivity index (χ3v) is 4.40. The minimum absolute atomic E-state index is 0.0885. The Morgan fingerprint density at radius 2 is 2.12 bits per heavy atom. The van der Waals surface area contributed by atoms with Gasteiger partial charge in [-0.2, -0.15) is 0 Å². The van der Waals surface area contributed by atoms with Gasteiger partial charge in [-0.15, -0.1) is 5.92 Å². The van der Waals surface area contributed by atoms with Crippen LogP contribution >= 0.6 is 23.2 Å². The normalized spacial score (nSPS) is 28.4. The zero-order valence-corrected chi connectivity index (χ0v) is 11.4. The van der Waals surface area contributed by atoms with Gasteiger partial charge in [0.1, 0.15) is 0 Å². The van der Waals surface area contributed by atoms with Crippen molar-refractivity contribution in [3.8, 4) is 11.8 Å². The van der Waals surface area contributed by atoms with Crippen LogP contribution in [0.2, 0.25) is 0 Å². The third kappa shape index (κ3) is 2.73. The Labute approximate surface area is 108 Å². The molecule has 1 rings (SSSR count). The van der Waals surface area contributed by atoms with Gasteiger partial charge >= 0.3 is 0 Å². The van der Waals surface area contributed by atoms with Crippen LogP contribution in [0.1, 0.15) is 52.4 Å². The average Bonchev–Trinajstić information content (AvgIpc) is 2.22. The van der Waals surface area contributed by atoms with Crippen molar-refractivity contribution in [3.05, 3.63) is 0 Å². The fourth-order valence-corrected chi connectivity index (χ4v) is 2.36. The Kier molecular flexibility index (Phi) is 4.71. The molecule has 90 valence electrons. The standard InChI is InChI=1S/C13H18Cl2O/c1-3-4-5-6-9-12(2)10-7-8-11(16)13(12,14)15/h3-5,7-8,10H2,1-2H3. The number of ketones is 1. The van der Waals surface area contributed by atoms with Gasteiger partial charge in [0, 0.05) is 12.8 Å². The van der Waals surface area contributed by atoms with Gasteiger partial charge in [-0.3, -0.25) is 4.79 Å². The first kappa shape index (κ1) is 13.9. The Balaban J connectivity index is 2.80. The molecule has 0 spiro atoms. The summed E-state index contributed by atoms with van der Waals surface area (Å²) >= 11 is 12.3. The summed E-state index contributed by atoms with van der Waals surface area (Å²) < 4.78 is -1.33. The minimum Gasteiger partial charge on any atom is -0.296 e. The second-order valence-corrected chi connectivity index (χ2v) is 5.92. The Morgan fingerprint density at radius 3 is 2.75 bits per heavy atom. The van der Waals surface area contributed by atoms with E-state index in [1.165, 1.54) is 0 Å². The molecule has 16 heavy (non-hydrogen) atoms. The molecule has 1 nitrogen and oxygen atoms in total. The number of rotatable bonds is 2. The molecule has 1 unspecified atom stereocenters. The lowest BCUT2D eigenvalue weighted by molar-refractivity contribution is -0.123. The number of unbranched alkanes of at least 4 members (excludes halogenated alkanes) is 2. The number of halogens is 2. The highest BCUT2D eigenvalue weighted by Crippen LogP contribution is 2.48. The van der Waals surface area contributed by atoms with Crippen LogP contribution in [0.3, 0.4) is 0 Å². The van der Waals surface area contributed by atoms with Crippen molar-refractivity contribution < 1.29 is 4.79 Å². The van der Waals surface area contributed by atoms with Gasteiger partial charge in [-0.05, 0) is 26.2 Å². The topological polar surface area (TPSA) is 17.1 Å². The first-order valence-electron chi connectivity index (χ1n) is 5.85. The summed E-state index contributed by atoms with van der Waals surface area (Å²) in [7, 11) is 0. The van der Waals surface area contributed by atoms with Gasteiger partial charge in [0.2, 0.25) is 0 Å². The molecule has 1 aliphatic carbocycles. The predicted octanol–water partition coefficient (Wildman–Crippen LogP) is 4.11. The molecule has 0 radical (unpaired) electrons. The molecule has 0 bridgehead atoms. The van der Waals surface area contributed by atoms with Gasteiger partial charge in [-0.1, -0.05) is 42.5 Å². The minimum atomic E-state index is -1.33. The molecule has 0 aromatic carbocycles. The van der Waals surface area contributed by atoms with E-state index in [-0.39, 0.29) is 5.78 Å². The highest BCUT2D eigenvalue weighted by atomic mass is 35.5. The smallest absolute Gasteiger partial charge is 0.191 e. The molecule has 0 heterocycles. The van der Waals surface area contributed by atoms with Crippen molar-refractivity contribution in [1.29, 1.82) is 0 Å². The molecule has 1 fully saturated rings. The van der Waals surface area contributed by atoms with Gasteiger partial charge in [-0.25, -0.2) is 0 Å². The van der Waals surface area contributed by atoms with Crippen LogP contribution in [0.4, 0.5) is 0 Å². The van der Waals surface area contributed by atoms with Crippen molar-refractivity contribution >= 4 is 29.0 Å². The van der Waals surface area contributed by atoms with E-state index in [0.29, 0.717) is 6.42 Å². The van der Waals surface area contributed by atoms with E-state index in [2.05, 4.69) is 18.8 Å². The molecule has 0 N–H and O–H groups in total. The highest BCUT2D eigenvalue weighted by molar-refractivity contribution is 6.59. The van der Waals surface area contributed by atoms with Crippen molar-refractivity contribution in [2.45, 2.75) is 56.7 Å². The summed E-state index contributed by atoms with van der Waals surface area (Å²) in [4.78, 5) is 11.7. The number of alkyl halides is 2. The second kappa shape index (κ2) is 5.43. The highest BCUT2D eigenvalue weighted by Gasteiger charge is 2.52. The van der Waals surface area contributed by atoms with Crippen molar-refractivity contribution in [2.75, 3.05) is 0 Å². The van der Waals surface area contributed by atoms with E-state index < -0.39 is 9.75 Å². The fourth-order valence-electron chi connectivity index (χ4n) is 1.89. The molecule has 1 saturated carbocycles. The zero-order chi connectivity index (χ0) is 12.2. The maximum atomic E-state index is 11.7. The van der Waals surface area contributed by atoms with Crippen LogP contribution in [-0.2, 0) is 4.79 Å². The SMILES string of the molecule is CCCCC#CC1(C)CCCC(=O)C1(Cl)Cl. The summed E-state index contributed by atoms with van der Waals surface area (Å²) in [5.74, 6) is 6.13. The fraction of sp³-hybridized carbons (Fsp3) is 0.769. The van der Waals surface area contributed by atoms with E-state index in [0.717, 1.165) is 32.1 Å². The van der Waals surface area contributed by atoms with Gasteiger partial charge in [0.05, 0.1) is 5.41 Å². The summed E-state index contributed by atoms with van der Waals surface area (Å²) in [6.07, 6.45) is 5.15. The Hall–Kier alpha value is -0.190. The van der Waals surface area contributed by atoms with E-state index in [4.69, 9.17) is 23.2 Å². The van der Waals surface area contributed by atoms with Crippen LogP contribution in [0.25, 0.3) is 0 Å². The van der Waals surface area contributed by atoms with E-state index >= 15 is 0 Å². The zero-order valence-electron chi connectivity index (χ0n) is 9.91. The van der Waals surface area contributed by atoms with E-state index in [9.17, 15) is 4.79 Å². The summed E-state index contributed by atoms with van der Waals surface area (Å²) in [6.45, 7) is 4.02. The van der Waals surface area contributed by atoms with Crippen LogP contribution < -0.4 is 0 Å². The van der Waals surface area contributed by atoms with Crippen LogP contribution in [-0.4, -0.2) is 10.1 Å². The maximum absolute atomic E-state index is 11.7. The quantitative estimate of drug-likeness (QED) is 0.415. The number of carbonyl (C=O) groups is 1. The average molecular weight is 261 g/mol. The third-order valence-electron chi connectivity index (χ3n) is 3.14. The number of hydrogen-bond donors (Lipinski definition) is 0. The molecule has 0 aromatic rings. The molecule has 0 saturated heterocycles. The Bertz CT molecular complexity index is 325. The van der Waals surface area contributed by atoms with Crippen LogP contribution in [0.5, 0.6) is 0 Å². The van der Waals surface area contributed by atoms with E-state index in [1.807, 2.05) is 6.92 Å². The van der Waals surface area contributed by atoms with Gasteiger partial charge < -0.3 is 0 Å². The number of carbonyl (C=O) groups excluding carboxylic acids is 1. The summed E-state index contributed by atoms with van der Waals surface area (Å²) in [5, 5.41) is 0. The maximum Gasteiger partial charge on any atom is 0.191 e. The first-order valence-corrected chi connectivity index (χ1v) is 6.61. The largest absolute Gasteiger partial charge is 0.296 e. The summed E-state index contributed by atoms with van der Waals surface area (Å²) in [5.41, 5.74) is -0.584. The lowest BCUT2D eigenvalue weighted by Crippen LogP contribution is -2.46. The first-order chi connectivity index (χ1) is 7.44. The van der Waals surface area contributed by atoms with Crippen LogP contribution in [0.15, 0.2) is 0 Å². The molecular weight excluding hydrogens is 243 g/mol. The molecule has 1 atom stereocenters. The molecule has 1 aliphatic rings. The Morgan fingerprint density at radius 1 is 1.44 bits per heavy atom. The molecule has 0 amide bonds. The molecule has 0 aromatic heterocycles. The lowest BCUT2D eigenvalue weighted by atomic mass is 9.74. The molecule has 3 heteroatoms. The van der Waals surface area contributed by atoms with Crippen molar-refractivity contribution in [2.24, 2.45) is 5.41 Å². The predicted molar refractivity (Wildman–Crippen MR) is 68.7 cm³/mol. The van der Waals surface area contributed by atoms with Crippen LogP contribution in [0, 0.1) is 17.3 Å². The van der Waals surface area contributed by atoms with Gasteiger partial charge in [0.25, 0.3) is 0 Å². The monoisotopic (exact) mass is 260 g/mol. The van der Waals surface area contributed by atoms with Gasteiger partial charge in [0.15, 0.2) is 10.1 Å². The molecule has 0 aliphatic heterocycles. The second-order valence-electron chi connectivity index (χ2n) is 4.59. The summed E-state index contributed by atoms with van der Waals surface area (Å²) in [6, 6.07) is 0.